The lowest BCUT2D eigenvalue weighted by molar-refractivity contribution is 0.862. The van der Waals surface area contributed by atoms with Gasteiger partial charge in [0.25, 0.3) is 0 Å². The first-order valence-corrected chi connectivity index (χ1v) is 2.81. The molecule has 0 atom stereocenters. The van der Waals surface area contributed by atoms with Crippen LogP contribution in [0.3, 0.4) is 0 Å². The van der Waals surface area contributed by atoms with Crippen molar-refractivity contribution in [3.8, 4) is 0 Å². The molecule has 4 N–H and O–H groups in total. The van der Waals surface area contributed by atoms with Crippen molar-refractivity contribution in [1.82, 2.24) is 0 Å². The molecule has 0 saturated heterocycles. The number of rotatable bonds is 1. The lowest BCUT2D eigenvalue weighted by atomic mass is 10.5. The fourth-order valence-corrected chi connectivity index (χ4v) is 0. The average Bonchev–Trinajstić information content (AvgIpc) is 1.36. The molecule has 0 aliphatic heterocycles. The summed E-state index contributed by atoms with van der Waals surface area (Å²) in [6, 6.07) is 0. The lowest BCUT2D eigenvalue weighted by Crippen LogP contribution is -2.32. The second-order valence-electron chi connectivity index (χ2n) is 1.37. The Bertz CT molecular complexity index is 59.8. The molecule has 0 aromatic rings. The molecule has 0 saturated carbocycles. The predicted molar refractivity (Wildman–Crippen MR) is 31.2 cm³/mol. The van der Waals surface area contributed by atoms with Crippen molar-refractivity contribution >= 4 is 10.2 Å². The first-order valence-electron chi connectivity index (χ1n) is 1.81. The molecule has 0 heterocycles. The van der Waals surface area contributed by atoms with Crippen LogP contribution in [0.5, 0.6) is 0 Å². The van der Waals surface area contributed by atoms with Crippen LogP contribution < -0.4 is 11.5 Å². The van der Waals surface area contributed by atoms with E-state index >= 15 is 0 Å². The molecule has 0 spiro atoms. The minimum absolute atomic E-state index is 0.281. The number of hydrogen-bond acceptors (Lipinski definition) is 2. The lowest BCUT2D eigenvalue weighted by Gasteiger charge is -1.99. The third kappa shape index (κ3) is 2.13. The van der Waals surface area contributed by atoms with Crippen molar-refractivity contribution in [3.63, 3.8) is 0 Å². The smallest absolute Gasteiger partial charge is 0.0694 e. The molecule has 2 nitrogen and oxygen atoms in total. The summed E-state index contributed by atoms with van der Waals surface area (Å²) in [5.41, 5.74) is 10.3. The van der Waals surface area contributed by atoms with E-state index < -0.39 is 0 Å². The minimum atomic E-state index is -0.281. The van der Waals surface area contributed by atoms with Gasteiger partial charge in [0, 0.05) is 10.2 Å². The summed E-state index contributed by atoms with van der Waals surface area (Å²) >= 11 is 0. The summed E-state index contributed by atoms with van der Waals surface area (Å²) in [6.07, 6.45) is -0.281. The molecule has 0 fully saturated rings. The molecule has 36 valence electrons. The van der Waals surface area contributed by atoms with E-state index in [1.165, 1.54) is 0 Å². The molecule has 0 aromatic carbocycles. The van der Waals surface area contributed by atoms with Crippen molar-refractivity contribution in [2.75, 3.05) is 0 Å². The summed E-state index contributed by atoms with van der Waals surface area (Å²) in [5.74, 6) is 0. The quantitative estimate of drug-likeness (QED) is 0.300. The maximum absolute atomic E-state index is 5.15. The molecule has 0 aromatic heterocycles. The van der Waals surface area contributed by atoms with Gasteiger partial charge in [0.2, 0.25) is 0 Å². The van der Waals surface area contributed by atoms with Crippen LogP contribution in [-0.4, -0.2) is 16.4 Å². The Morgan fingerprint density at radius 1 is 1.67 bits per heavy atom. The Morgan fingerprint density at radius 3 is 1.83 bits per heavy atom. The molecule has 0 rings (SSSR count). The first kappa shape index (κ1) is 5.88. The Hall–Kier alpha value is -0.123. The summed E-state index contributed by atoms with van der Waals surface area (Å²) < 4.78 is 0. The highest BCUT2D eigenvalue weighted by molar-refractivity contribution is 6.21. The third-order valence-corrected chi connectivity index (χ3v) is 1.24. The van der Waals surface area contributed by atoms with Crippen LogP contribution in [-0.2, 0) is 0 Å². The first-order chi connectivity index (χ1) is 2.64. The van der Waals surface area contributed by atoms with Crippen molar-refractivity contribution < 1.29 is 0 Å². The maximum atomic E-state index is 5.15. The Balaban J connectivity index is 3.26. The molecule has 0 unspecified atom stereocenters. The normalized spacial score (nSPS) is 9.83. The monoisotopic (exact) mass is 102 g/mol. The molecular formula is C3H10N2Si. The van der Waals surface area contributed by atoms with Gasteiger partial charge in [-0.05, 0) is 0 Å². The molecule has 0 aliphatic carbocycles. The van der Waals surface area contributed by atoms with E-state index in [-0.39, 0.29) is 6.17 Å². The molecule has 3 heteroatoms. The zero-order valence-corrected chi connectivity index (χ0v) is 5.94. The molecular weight excluding hydrogens is 92.1 g/mol. The molecule has 0 radical (unpaired) electrons. The Kier molecular flexibility index (Phi) is 2.08. The molecule has 0 aliphatic rings. The summed E-state index contributed by atoms with van der Waals surface area (Å²) in [5, 5.41) is 0.954. The van der Waals surface area contributed by atoms with E-state index in [1.807, 2.05) is 0 Å². The highest BCUT2D eigenvalue weighted by atomic mass is 28.1. The van der Waals surface area contributed by atoms with E-state index in [1.54, 1.807) is 0 Å². The predicted octanol–water partition coefficient (Wildman–Crippen LogP) is -1.89. The second-order valence-corrected chi connectivity index (χ2v) is 2.66. The molecule has 0 amide bonds. The van der Waals surface area contributed by atoms with Crippen LogP contribution in [0.15, 0.2) is 11.8 Å². The second kappa shape index (κ2) is 2.12. The van der Waals surface area contributed by atoms with Crippen LogP contribution in [0.4, 0.5) is 0 Å². The van der Waals surface area contributed by atoms with Gasteiger partial charge in [0.05, 0.1) is 6.17 Å². The van der Waals surface area contributed by atoms with Gasteiger partial charge in [0.15, 0.2) is 0 Å². The van der Waals surface area contributed by atoms with Crippen molar-refractivity contribution in [2.45, 2.75) is 6.17 Å². The van der Waals surface area contributed by atoms with Crippen LogP contribution >= 0.6 is 0 Å². The van der Waals surface area contributed by atoms with Gasteiger partial charge in [-0.2, -0.15) is 0 Å². The summed E-state index contributed by atoms with van der Waals surface area (Å²) in [4.78, 5) is 0. The van der Waals surface area contributed by atoms with E-state index in [0.717, 1.165) is 15.4 Å². The Labute approximate surface area is 40.6 Å². The van der Waals surface area contributed by atoms with E-state index in [9.17, 15) is 0 Å². The van der Waals surface area contributed by atoms with Gasteiger partial charge < -0.3 is 11.5 Å². The van der Waals surface area contributed by atoms with Crippen LogP contribution in [0, 0.1) is 0 Å². The van der Waals surface area contributed by atoms with Gasteiger partial charge in [0.1, 0.15) is 0 Å². The Morgan fingerprint density at radius 2 is 1.83 bits per heavy atom. The van der Waals surface area contributed by atoms with E-state index in [0.29, 0.717) is 0 Å². The van der Waals surface area contributed by atoms with Crippen molar-refractivity contribution in [3.05, 3.63) is 11.8 Å². The highest BCUT2D eigenvalue weighted by Gasteiger charge is 1.87. The topological polar surface area (TPSA) is 52.0 Å². The average molecular weight is 102 g/mol. The number of hydrogen-bond donors (Lipinski definition) is 2. The van der Waals surface area contributed by atoms with Gasteiger partial charge in [-0.25, -0.2) is 0 Å². The van der Waals surface area contributed by atoms with Gasteiger partial charge in [-0.3, -0.25) is 0 Å². The van der Waals surface area contributed by atoms with Crippen molar-refractivity contribution in [2.24, 2.45) is 11.5 Å². The fourth-order valence-electron chi connectivity index (χ4n) is 0. The highest BCUT2D eigenvalue weighted by Crippen LogP contribution is 1.75. The molecule has 0 bridgehead atoms. The van der Waals surface area contributed by atoms with Gasteiger partial charge >= 0.3 is 0 Å². The largest absolute Gasteiger partial charge is 0.313 e. The fraction of sp³-hybridized carbons (Fsp3) is 0.333. The number of nitrogens with two attached hydrogens (primary N) is 2. The zero-order chi connectivity index (χ0) is 5.15. The SMILES string of the molecule is C=C([SiH3])C(N)N. The van der Waals surface area contributed by atoms with Crippen molar-refractivity contribution in [1.29, 1.82) is 0 Å². The maximum Gasteiger partial charge on any atom is 0.0694 e. The molecule has 6 heavy (non-hydrogen) atoms. The van der Waals surface area contributed by atoms with Crippen LogP contribution in [0.2, 0.25) is 0 Å². The van der Waals surface area contributed by atoms with E-state index in [2.05, 4.69) is 6.58 Å². The standard InChI is InChI=1S/C3H10N2Si/c1-2(6)3(4)5/h3H,1,4-5H2,6H3. The summed E-state index contributed by atoms with van der Waals surface area (Å²) in [7, 11) is 0.909. The van der Waals surface area contributed by atoms with E-state index in [4.69, 9.17) is 11.5 Å². The van der Waals surface area contributed by atoms with Gasteiger partial charge in [-0.1, -0.05) is 5.20 Å². The zero-order valence-electron chi connectivity index (χ0n) is 3.94. The van der Waals surface area contributed by atoms with Crippen LogP contribution in [0.1, 0.15) is 0 Å². The third-order valence-electron chi connectivity index (χ3n) is 0.569. The summed E-state index contributed by atoms with van der Waals surface area (Å²) in [6.45, 7) is 3.57. The van der Waals surface area contributed by atoms with Gasteiger partial charge in [-0.15, -0.1) is 6.58 Å². The van der Waals surface area contributed by atoms with Crippen LogP contribution in [0.25, 0.3) is 0 Å². The minimum Gasteiger partial charge on any atom is -0.313 e.